The van der Waals surface area contributed by atoms with Crippen LogP contribution in [0.25, 0.3) is 10.1 Å². The highest BCUT2D eigenvalue weighted by molar-refractivity contribution is 7.17. The van der Waals surface area contributed by atoms with Gasteiger partial charge in [-0.1, -0.05) is 18.2 Å². The number of hydrogen-bond acceptors (Lipinski definition) is 4. The number of thiophene rings is 1. The second-order valence-electron chi connectivity index (χ2n) is 3.91. The van der Waals surface area contributed by atoms with Crippen LogP contribution in [0.2, 0.25) is 0 Å². The van der Waals surface area contributed by atoms with Crippen LogP contribution in [0, 0.1) is 0 Å². The Morgan fingerprint density at radius 2 is 1.89 bits per heavy atom. The highest BCUT2D eigenvalue weighted by Crippen LogP contribution is 2.31. The van der Waals surface area contributed by atoms with Crippen molar-refractivity contribution in [1.82, 2.24) is 0 Å². The zero-order valence-corrected chi connectivity index (χ0v) is 11.4. The van der Waals surface area contributed by atoms with Gasteiger partial charge in [-0.05, 0) is 30.7 Å². The van der Waals surface area contributed by atoms with Gasteiger partial charge in [0.2, 0.25) is 0 Å². The first-order valence-electron chi connectivity index (χ1n) is 6.15. The average Bonchev–Trinajstić information content (AvgIpc) is 2.85. The van der Waals surface area contributed by atoms with Gasteiger partial charge in [0.15, 0.2) is 6.29 Å². The second-order valence-corrected chi connectivity index (χ2v) is 4.83. The van der Waals surface area contributed by atoms with Gasteiger partial charge in [-0.25, -0.2) is 0 Å². The molecule has 18 heavy (non-hydrogen) atoms. The summed E-state index contributed by atoms with van der Waals surface area (Å²) in [5, 5.41) is 13.6. The van der Waals surface area contributed by atoms with Crippen LogP contribution >= 0.6 is 11.3 Å². The van der Waals surface area contributed by atoms with Crippen LogP contribution in [-0.2, 0) is 9.47 Å². The zero-order valence-electron chi connectivity index (χ0n) is 10.6. The number of aliphatic hydroxyl groups is 1. The lowest BCUT2D eigenvalue weighted by Crippen LogP contribution is -2.25. The summed E-state index contributed by atoms with van der Waals surface area (Å²) in [5.41, 5.74) is 0.870. The average molecular weight is 266 g/mol. The predicted molar refractivity (Wildman–Crippen MR) is 73.8 cm³/mol. The van der Waals surface area contributed by atoms with Crippen LogP contribution in [0.1, 0.15) is 25.5 Å². The summed E-state index contributed by atoms with van der Waals surface area (Å²) < 4.78 is 12.0. The molecule has 0 fully saturated rings. The van der Waals surface area contributed by atoms with E-state index in [2.05, 4.69) is 0 Å². The topological polar surface area (TPSA) is 38.7 Å². The number of hydrogen-bond donors (Lipinski definition) is 1. The molecule has 0 amide bonds. The first-order chi connectivity index (χ1) is 8.77. The Kier molecular flexibility index (Phi) is 4.72. The highest BCUT2D eigenvalue weighted by Gasteiger charge is 2.23. The van der Waals surface area contributed by atoms with E-state index in [1.165, 1.54) is 0 Å². The van der Waals surface area contributed by atoms with E-state index in [1.807, 2.05) is 43.5 Å². The minimum Gasteiger partial charge on any atom is -0.383 e. The van der Waals surface area contributed by atoms with Crippen molar-refractivity contribution in [2.45, 2.75) is 26.2 Å². The largest absolute Gasteiger partial charge is 0.383 e. The summed E-state index contributed by atoms with van der Waals surface area (Å²) in [7, 11) is 0. The molecule has 2 aromatic rings. The molecule has 4 heteroatoms. The molecule has 98 valence electrons. The lowest BCUT2D eigenvalue weighted by molar-refractivity contribution is -0.191. The highest BCUT2D eigenvalue weighted by atomic mass is 32.1. The van der Waals surface area contributed by atoms with Gasteiger partial charge in [0.1, 0.15) is 6.10 Å². The molecule has 0 saturated heterocycles. The Labute approximate surface area is 111 Å². The molecule has 0 bridgehead atoms. The second kappa shape index (κ2) is 6.29. The molecule has 2 rings (SSSR count). The quantitative estimate of drug-likeness (QED) is 0.815. The first-order valence-corrected chi connectivity index (χ1v) is 7.03. The molecule has 0 aliphatic heterocycles. The molecule has 0 aliphatic carbocycles. The number of ether oxygens (including phenoxy) is 2. The summed E-state index contributed by atoms with van der Waals surface area (Å²) in [6.07, 6.45) is -1.36. The minimum absolute atomic E-state index is 0.516. The minimum atomic E-state index is -0.757. The maximum Gasteiger partial charge on any atom is 0.187 e. The lowest BCUT2D eigenvalue weighted by atomic mass is 10.1. The third-order valence-electron chi connectivity index (χ3n) is 2.75. The molecular formula is C14H18O3S. The molecule has 0 saturated carbocycles. The van der Waals surface area contributed by atoms with Crippen molar-refractivity contribution < 1.29 is 14.6 Å². The maximum absolute atomic E-state index is 10.4. The van der Waals surface area contributed by atoms with Crippen LogP contribution in [0.5, 0.6) is 0 Å². The molecular weight excluding hydrogens is 248 g/mol. The maximum atomic E-state index is 10.4. The Morgan fingerprint density at radius 3 is 2.56 bits per heavy atom. The van der Waals surface area contributed by atoms with Gasteiger partial charge in [-0.2, -0.15) is 0 Å². The van der Waals surface area contributed by atoms with E-state index < -0.39 is 12.4 Å². The normalized spacial score (nSPS) is 13.3. The molecule has 0 spiro atoms. The number of rotatable bonds is 6. The van der Waals surface area contributed by atoms with Gasteiger partial charge in [-0.15, -0.1) is 11.3 Å². The molecule has 1 heterocycles. The predicted octanol–water partition coefficient (Wildman–Crippen LogP) is 3.33. The van der Waals surface area contributed by atoms with Gasteiger partial charge in [0.25, 0.3) is 0 Å². The van der Waals surface area contributed by atoms with E-state index in [1.54, 1.807) is 11.3 Å². The monoisotopic (exact) mass is 266 g/mol. The van der Waals surface area contributed by atoms with Crippen molar-refractivity contribution >= 4 is 21.4 Å². The van der Waals surface area contributed by atoms with Crippen molar-refractivity contribution in [3.8, 4) is 0 Å². The third-order valence-corrected chi connectivity index (χ3v) is 3.73. The van der Waals surface area contributed by atoms with Crippen LogP contribution in [-0.4, -0.2) is 24.6 Å². The van der Waals surface area contributed by atoms with E-state index in [0.717, 1.165) is 15.6 Å². The Balaban J connectivity index is 2.30. The van der Waals surface area contributed by atoms with E-state index in [0.29, 0.717) is 13.2 Å². The third kappa shape index (κ3) is 2.72. The van der Waals surface area contributed by atoms with E-state index in [4.69, 9.17) is 9.47 Å². The molecule has 3 nitrogen and oxygen atoms in total. The molecule has 1 N–H and O–H groups in total. The van der Waals surface area contributed by atoms with Crippen molar-refractivity contribution in [3.05, 3.63) is 35.2 Å². The molecule has 1 aromatic carbocycles. The smallest absolute Gasteiger partial charge is 0.187 e. The summed E-state index contributed by atoms with van der Waals surface area (Å²) in [6.45, 7) is 4.82. The first kappa shape index (κ1) is 13.5. The SMILES string of the molecule is CCOC(OCC)C(O)c1cccc2ccsc12. The summed E-state index contributed by atoms with van der Waals surface area (Å²) >= 11 is 1.62. The van der Waals surface area contributed by atoms with E-state index >= 15 is 0 Å². The zero-order chi connectivity index (χ0) is 13.0. The molecule has 0 radical (unpaired) electrons. The standard InChI is InChI=1S/C14H18O3S/c1-3-16-14(17-4-2)12(15)11-7-5-6-10-8-9-18-13(10)11/h5-9,12,14-15H,3-4H2,1-2H3. The van der Waals surface area contributed by atoms with Crippen LogP contribution in [0.4, 0.5) is 0 Å². The van der Waals surface area contributed by atoms with Crippen LogP contribution in [0.15, 0.2) is 29.6 Å². The summed E-state index contributed by atoms with van der Waals surface area (Å²) in [5.74, 6) is 0. The van der Waals surface area contributed by atoms with Gasteiger partial charge in [-0.3, -0.25) is 0 Å². The Bertz CT molecular complexity index is 488. The summed E-state index contributed by atoms with van der Waals surface area (Å²) in [4.78, 5) is 0. The molecule has 1 atom stereocenters. The number of aliphatic hydroxyl groups excluding tert-OH is 1. The number of benzene rings is 1. The fourth-order valence-corrected chi connectivity index (χ4v) is 2.90. The van der Waals surface area contributed by atoms with Crippen molar-refractivity contribution in [2.24, 2.45) is 0 Å². The fourth-order valence-electron chi connectivity index (χ4n) is 1.95. The van der Waals surface area contributed by atoms with Crippen LogP contribution < -0.4 is 0 Å². The van der Waals surface area contributed by atoms with Crippen molar-refractivity contribution in [3.63, 3.8) is 0 Å². The van der Waals surface area contributed by atoms with Gasteiger partial charge in [0.05, 0.1) is 0 Å². The van der Waals surface area contributed by atoms with E-state index in [9.17, 15) is 5.11 Å². The Morgan fingerprint density at radius 1 is 1.17 bits per heavy atom. The van der Waals surface area contributed by atoms with E-state index in [-0.39, 0.29) is 0 Å². The van der Waals surface area contributed by atoms with Crippen molar-refractivity contribution in [2.75, 3.05) is 13.2 Å². The Hall–Kier alpha value is -0.940. The fraction of sp³-hybridized carbons (Fsp3) is 0.429. The number of fused-ring (bicyclic) bond motifs is 1. The van der Waals surface area contributed by atoms with Gasteiger partial charge in [0, 0.05) is 23.5 Å². The van der Waals surface area contributed by atoms with Gasteiger partial charge >= 0.3 is 0 Å². The molecule has 1 aromatic heterocycles. The lowest BCUT2D eigenvalue weighted by Gasteiger charge is -2.23. The van der Waals surface area contributed by atoms with Crippen LogP contribution in [0.3, 0.4) is 0 Å². The van der Waals surface area contributed by atoms with Crippen molar-refractivity contribution in [1.29, 1.82) is 0 Å². The van der Waals surface area contributed by atoms with Gasteiger partial charge < -0.3 is 14.6 Å². The molecule has 1 unspecified atom stereocenters. The molecule has 0 aliphatic rings. The summed E-state index contributed by atoms with van der Waals surface area (Å²) in [6, 6.07) is 7.96.